The van der Waals surface area contributed by atoms with Crippen molar-refractivity contribution >= 4 is 17.6 Å². The molecule has 2 amide bonds. The molecule has 2 aliphatic rings. The first kappa shape index (κ1) is 29.2. The summed E-state index contributed by atoms with van der Waals surface area (Å²) in [6, 6.07) is 4.79. The summed E-state index contributed by atoms with van der Waals surface area (Å²) in [6.45, 7) is 2.34. The van der Waals surface area contributed by atoms with Gasteiger partial charge >= 0.3 is 6.03 Å². The Morgan fingerprint density at radius 1 is 1.25 bits per heavy atom. The lowest BCUT2D eigenvalue weighted by molar-refractivity contribution is -0.0587. The minimum absolute atomic E-state index is 0.00541. The molecule has 8 heteroatoms. The molecule has 0 radical (unpaired) electrons. The maximum absolute atomic E-state index is 15.1. The average Bonchev–Trinajstić information content (AvgIpc) is 2.89. The second-order valence-electron chi connectivity index (χ2n) is 10.7. The van der Waals surface area contributed by atoms with Crippen LogP contribution in [0.1, 0.15) is 76.2 Å². The highest BCUT2D eigenvalue weighted by Crippen LogP contribution is 2.42. The van der Waals surface area contributed by atoms with E-state index in [-0.39, 0.29) is 28.6 Å². The molecule has 1 saturated carbocycles. The quantitative estimate of drug-likeness (QED) is 0.317. The third-order valence-corrected chi connectivity index (χ3v) is 8.37. The van der Waals surface area contributed by atoms with Crippen LogP contribution >= 0.6 is 11.6 Å². The van der Waals surface area contributed by atoms with Gasteiger partial charge in [0, 0.05) is 50.9 Å². The van der Waals surface area contributed by atoms with Crippen molar-refractivity contribution in [2.45, 2.75) is 82.3 Å². The number of urea groups is 1. The molecule has 204 valence electrons. The van der Waals surface area contributed by atoms with E-state index >= 15 is 4.39 Å². The number of rotatable bonds is 12. The van der Waals surface area contributed by atoms with E-state index in [1.165, 1.54) is 38.2 Å². The van der Waals surface area contributed by atoms with E-state index in [0.717, 1.165) is 32.2 Å². The zero-order valence-electron chi connectivity index (χ0n) is 22.0. The first-order valence-electron chi connectivity index (χ1n) is 13.7. The highest BCUT2D eigenvalue weighted by atomic mass is 35.5. The van der Waals surface area contributed by atoms with Crippen molar-refractivity contribution in [3.8, 4) is 0 Å². The van der Waals surface area contributed by atoms with Crippen molar-refractivity contribution in [1.29, 1.82) is 0 Å². The smallest absolute Gasteiger partial charge is 0.317 e. The molecular weight excluding hydrogens is 481 g/mol. The van der Waals surface area contributed by atoms with Crippen LogP contribution in [0.25, 0.3) is 0 Å². The van der Waals surface area contributed by atoms with Gasteiger partial charge in [0.15, 0.2) is 0 Å². The van der Waals surface area contributed by atoms with Crippen LogP contribution in [0.15, 0.2) is 18.2 Å². The molecule has 1 heterocycles. The zero-order chi connectivity index (χ0) is 26.0. The van der Waals surface area contributed by atoms with Gasteiger partial charge in [-0.25, -0.2) is 9.18 Å². The average molecular weight is 526 g/mol. The van der Waals surface area contributed by atoms with Crippen molar-refractivity contribution in [2.24, 2.45) is 11.8 Å². The number of aliphatic hydroxyl groups is 1. The molecule has 3 atom stereocenters. The van der Waals surface area contributed by atoms with Gasteiger partial charge in [-0.05, 0) is 57.6 Å². The summed E-state index contributed by atoms with van der Waals surface area (Å²) in [5, 5.41) is 18.5. The molecule has 1 aromatic carbocycles. The largest absolute Gasteiger partial charge is 0.385 e. The monoisotopic (exact) mass is 525 g/mol. The first-order chi connectivity index (χ1) is 17.4. The molecule has 6 nitrogen and oxygen atoms in total. The normalized spacial score (nSPS) is 21.7. The summed E-state index contributed by atoms with van der Waals surface area (Å²) in [5.41, 5.74) is -1.18. The number of likely N-dealkylation sites (N-methyl/N-ethyl adjacent to an activating group) is 1. The van der Waals surface area contributed by atoms with Gasteiger partial charge in [-0.1, -0.05) is 55.8 Å². The number of nitrogens with one attached hydrogen (secondary N) is 2. The highest BCUT2D eigenvalue weighted by molar-refractivity contribution is 6.30. The van der Waals surface area contributed by atoms with Crippen LogP contribution < -0.4 is 10.6 Å². The summed E-state index contributed by atoms with van der Waals surface area (Å²) < 4.78 is 20.3. The van der Waals surface area contributed by atoms with Crippen molar-refractivity contribution in [3.63, 3.8) is 0 Å². The van der Waals surface area contributed by atoms with Crippen molar-refractivity contribution < 1.29 is 19.0 Å². The number of amides is 2. The maximum Gasteiger partial charge on any atom is 0.317 e. The molecule has 2 unspecified atom stereocenters. The summed E-state index contributed by atoms with van der Waals surface area (Å²) in [5.74, 6) is -0.195. The fraction of sp³-hybridized carbons (Fsp3) is 0.750. The van der Waals surface area contributed by atoms with Crippen LogP contribution in [-0.4, -0.2) is 62.5 Å². The number of methoxy groups -OCH3 is 1. The zero-order valence-corrected chi connectivity index (χ0v) is 22.8. The number of carbonyl (C=O) groups is 1. The van der Waals surface area contributed by atoms with E-state index in [0.29, 0.717) is 38.5 Å². The number of ether oxygens (including phenoxy) is 1. The predicted molar refractivity (Wildman–Crippen MR) is 143 cm³/mol. The van der Waals surface area contributed by atoms with E-state index < -0.39 is 11.4 Å². The molecule has 1 saturated heterocycles. The third-order valence-electron chi connectivity index (χ3n) is 8.08. The predicted octanol–water partition coefficient (Wildman–Crippen LogP) is 5.46. The molecule has 3 rings (SSSR count). The van der Waals surface area contributed by atoms with Gasteiger partial charge in [-0.15, -0.1) is 0 Å². The second kappa shape index (κ2) is 14.5. The van der Waals surface area contributed by atoms with Crippen LogP contribution in [0.2, 0.25) is 5.02 Å². The maximum atomic E-state index is 15.1. The Hall–Kier alpha value is -1.41. The van der Waals surface area contributed by atoms with Crippen LogP contribution in [0.5, 0.6) is 0 Å². The van der Waals surface area contributed by atoms with Gasteiger partial charge in [0.2, 0.25) is 0 Å². The second-order valence-corrected chi connectivity index (χ2v) is 11.1. The minimum atomic E-state index is -1.41. The minimum Gasteiger partial charge on any atom is -0.385 e. The fourth-order valence-electron chi connectivity index (χ4n) is 6.12. The fourth-order valence-corrected chi connectivity index (χ4v) is 6.29. The van der Waals surface area contributed by atoms with Crippen LogP contribution in [0.4, 0.5) is 9.18 Å². The van der Waals surface area contributed by atoms with Crippen molar-refractivity contribution in [3.05, 3.63) is 34.6 Å². The molecule has 1 aliphatic heterocycles. The third kappa shape index (κ3) is 7.80. The number of benzene rings is 1. The van der Waals surface area contributed by atoms with Gasteiger partial charge in [-0.3, -0.25) is 0 Å². The SMILES string of the molecule is CNCC(CC1CCCCC1)NC(=O)N1CCCC([C@@](O)(CCCCOC)c2cccc(Cl)c2F)C1. The molecule has 1 aromatic rings. The Labute approximate surface area is 221 Å². The molecular formula is C28H45ClFN3O3. The van der Waals surface area contributed by atoms with Gasteiger partial charge in [0.05, 0.1) is 10.6 Å². The van der Waals surface area contributed by atoms with Crippen LogP contribution in [0, 0.1) is 17.7 Å². The molecule has 3 N–H and O–H groups in total. The lowest BCUT2D eigenvalue weighted by atomic mass is 9.74. The Bertz CT molecular complexity index is 823. The Kier molecular flexibility index (Phi) is 11.7. The Morgan fingerprint density at radius 3 is 2.75 bits per heavy atom. The molecule has 0 bridgehead atoms. The lowest BCUT2D eigenvalue weighted by Crippen LogP contribution is -2.54. The molecule has 36 heavy (non-hydrogen) atoms. The van der Waals surface area contributed by atoms with E-state index in [4.69, 9.17) is 16.3 Å². The molecule has 1 aliphatic carbocycles. The standard InChI is InChI=1S/C28H45ClFN3O3/c1-31-19-23(18-21-10-4-3-5-11-21)32-27(34)33-16-9-12-22(20-33)28(35,15-6-7-17-36-2)24-13-8-14-25(29)26(24)30/h8,13-14,21-23,31,35H,3-7,9-12,15-20H2,1-2H3,(H,32,34)/t22?,23?,28-/m0/s1. The van der Waals surface area contributed by atoms with Crippen molar-refractivity contribution in [2.75, 3.05) is 40.4 Å². The van der Waals surface area contributed by atoms with E-state index in [1.807, 2.05) is 7.05 Å². The number of nitrogens with zero attached hydrogens (tertiary/aromatic N) is 1. The molecule has 0 spiro atoms. The summed E-state index contributed by atoms with van der Waals surface area (Å²) in [7, 11) is 3.57. The van der Waals surface area contributed by atoms with E-state index in [1.54, 1.807) is 24.1 Å². The molecule has 0 aromatic heterocycles. The first-order valence-corrected chi connectivity index (χ1v) is 14.1. The molecule has 2 fully saturated rings. The number of hydrogen-bond donors (Lipinski definition) is 3. The Balaban J connectivity index is 1.72. The van der Waals surface area contributed by atoms with Crippen LogP contribution in [0.3, 0.4) is 0 Å². The number of carbonyl (C=O) groups excluding carboxylic acids is 1. The summed E-state index contributed by atoms with van der Waals surface area (Å²) in [6.07, 6.45) is 10.7. The number of unbranched alkanes of at least 4 members (excludes halogenated alkanes) is 1. The summed E-state index contributed by atoms with van der Waals surface area (Å²) in [4.78, 5) is 15.2. The van der Waals surface area contributed by atoms with Crippen molar-refractivity contribution in [1.82, 2.24) is 15.5 Å². The van der Waals surface area contributed by atoms with Gasteiger partial charge in [0.25, 0.3) is 0 Å². The number of halogens is 2. The van der Waals surface area contributed by atoms with Gasteiger partial charge in [0.1, 0.15) is 5.82 Å². The number of likely N-dealkylation sites (tertiary alicyclic amines) is 1. The topological polar surface area (TPSA) is 73.8 Å². The van der Waals surface area contributed by atoms with E-state index in [9.17, 15) is 9.90 Å². The summed E-state index contributed by atoms with van der Waals surface area (Å²) >= 11 is 6.10. The Morgan fingerprint density at radius 2 is 2.03 bits per heavy atom. The lowest BCUT2D eigenvalue weighted by Gasteiger charge is -2.43. The van der Waals surface area contributed by atoms with Gasteiger partial charge in [-0.2, -0.15) is 0 Å². The number of hydrogen-bond acceptors (Lipinski definition) is 4. The van der Waals surface area contributed by atoms with E-state index in [2.05, 4.69) is 10.6 Å². The highest BCUT2D eigenvalue weighted by Gasteiger charge is 2.43. The van der Waals surface area contributed by atoms with Gasteiger partial charge < -0.3 is 25.4 Å². The number of piperidine rings is 1. The van der Waals surface area contributed by atoms with Crippen LogP contribution in [-0.2, 0) is 10.3 Å².